The highest BCUT2D eigenvalue weighted by Gasteiger charge is 2.33. The zero-order chi connectivity index (χ0) is 22.5. The van der Waals surface area contributed by atoms with Crippen molar-refractivity contribution in [2.75, 3.05) is 39.5 Å². The number of hydrogen-bond donors (Lipinski definition) is 0. The summed E-state index contributed by atoms with van der Waals surface area (Å²) in [5.74, 6) is 0.892. The van der Waals surface area contributed by atoms with Gasteiger partial charge < -0.3 is 19.1 Å². The molecule has 168 valence electrons. The van der Waals surface area contributed by atoms with Crippen LogP contribution in [-0.4, -0.2) is 71.5 Å². The number of thiocarbonyl (C=S) groups is 1. The lowest BCUT2D eigenvalue weighted by Gasteiger charge is -2.27. The lowest BCUT2D eigenvalue weighted by molar-refractivity contribution is -0.137. The molecule has 2 saturated heterocycles. The molecule has 2 aliphatic heterocycles. The molecule has 0 radical (unpaired) electrons. The van der Waals surface area contributed by atoms with Gasteiger partial charge in [0.2, 0.25) is 0 Å². The second kappa shape index (κ2) is 11.0. The van der Waals surface area contributed by atoms with Crippen molar-refractivity contribution in [1.82, 2.24) is 9.80 Å². The number of hydrogen-bond acceptors (Lipinski definition) is 7. The fraction of sp³-hybridized carbons (Fsp3) is 0.476. The van der Waals surface area contributed by atoms with Gasteiger partial charge in [-0.05, 0) is 67.1 Å². The molecule has 1 aromatic carbocycles. The summed E-state index contributed by atoms with van der Waals surface area (Å²) in [7, 11) is 0. The van der Waals surface area contributed by atoms with E-state index in [1.54, 1.807) is 9.80 Å². The summed E-state index contributed by atoms with van der Waals surface area (Å²) < 4.78 is 18.3. The number of morpholine rings is 1. The number of nitrogens with zero attached hydrogens (tertiary/aromatic N) is 2. The van der Waals surface area contributed by atoms with Gasteiger partial charge in [0.25, 0.3) is 11.8 Å². The molecule has 0 aliphatic carbocycles. The quantitative estimate of drug-likeness (QED) is 0.280. The van der Waals surface area contributed by atoms with Gasteiger partial charge in [-0.3, -0.25) is 14.5 Å². The molecule has 1 aromatic rings. The summed E-state index contributed by atoms with van der Waals surface area (Å²) in [6.45, 7) is 8.39. The highest BCUT2D eigenvalue weighted by atomic mass is 127. The van der Waals surface area contributed by atoms with Crippen molar-refractivity contribution in [2.45, 2.75) is 26.8 Å². The first-order valence-corrected chi connectivity index (χ1v) is 12.3. The van der Waals surface area contributed by atoms with Crippen LogP contribution in [0.15, 0.2) is 17.0 Å². The summed E-state index contributed by atoms with van der Waals surface area (Å²) >= 11 is 8.81. The molecular formula is C21H25IN2O5S2. The number of ether oxygens (including phenoxy) is 3. The second-order valence-electron chi connectivity index (χ2n) is 7.19. The van der Waals surface area contributed by atoms with Crippen molar-refractivity contribution in [2.24, 2.45) is 0 Å². The number of benzene rings is 1. The van der Waals surface area contributed by atoms with Gasteiger partial charge >= 0.3 is 0 Å². The zero-order valence-corrected chi connectivity index (χ0v) is 21.5. The smallest absolute Gasteiger partial charge is 0.266 e. The Hall–Kier alpha value is -1.37. The van der Waals surface area contributed by atoms with E-state index in [1.165, 1.54) is 11.8 Å². The number of amides is 2. The van der Waals surface area contributed by atoms with Crippen LogP contribution in [0.25, 0.3) is 6.08 Å². The molecule has 0 unspecified atom stereocenters. The van der Waals surface area contributed by atoms with Crippen LogP contribution < -0.4 is 9.47 Å². The van der Waals surface area contributed by atoms with E-state index in [-0.39, 0.29) is 24.5 Å². The van der Waals surface area contributed by atoms with Crippen LogP contribution in [0.5, 0.6) is 11.5 Å². The van der Waals surface area contributed by atoms with Gasteiger partial charge in [0.1, 0.15) is 4.32 Å². The van der Waals surface area contributed by atoms with Gasteiger partial charge in [0.05, 0.1) is 28.3 Å². The Balaban J connectivity index is 1.79. The number of halogens is 1. The molecule has 2 heterocycles. The predicted molar refractivity (Wildman–Crippen MR) is 133 cm³/mol. The molecule has 0 N–H and O–H groups in total. The van der Waals surface area contributed by atoms with Gasteiger partial charge in [-0.2, -0.15) is 0 Å². The van der Waals surface area contributed by atoms with Crippen molar-refractivity contribution in [3.8, 4) is 11.5 Å². The topological polar surface area (TPSA) is 68.3 Å². The number of thioether (sulfide) groups is 1. The minimum absolute atomic E-state index is 0.0114. The van der Waals surface area contributed by atoms with E-state index in [9.17, 15) is 9.59 Å². The van der Waals surface area contributed by atoms with E-state index >= 15 is 0 Å². The zero-order valence-electron chi connectivity index (χ0n) is 17.7. The first-order valence-electron chi connectivity index (χ1n) is 10.0. The van der Waals surface area contributed by atoms with Crippen molar-refractivity contribution in [1.29, 1.82) is 0 Å². The van der Waals surface area contributed by atoms with Crippen LogP contribution >= 0.6 is 46.6 Å². The minimum atomic E-state index is -0.0885. The molecule has 0 saturated carbocycles. The van der Waals surface area contributed by atoms with E-state index in [0.717, 1.165) is 9.13 Å². The Morgan fingerprint density at radius 1 is 1.32 bits per heavy atom. The Morgan fingerprint density at radius 3 is 2.65 bits per heavy atom. The van der Waals surface area contributed by atoms with E-state index in [4.69, 9.17) is 26.4 Å². The molecule has 3 rings (SSSR count). The van der Waals surface area contributed by atoms with Crippen LogP contribution in [0.3, 0.4) is 0 Å². The standard InChI is InChI=1S/C21H25IN2O5S2/c1-4-28-16-10-14(11-17-20(26)24(13(2)3)21(30)31-17)9-15(22)19(16)29-12-18(25)23-5-7-27-8-6-23/h9-11,13H,4-8,12H2,1-3H3/b17-11-. The molecule has 0 atom stereocenters. The van der Waals surface area contributed by atoms with Crippen molar-refractivity contribution < 1.29 is 23.8 Å². The summed E-state index contributed by atoms with van der Waals surface area (Å²) in [6, 6.07) is 3.74. The minimum Gasteiger partial charge on any atom is -0.490 e. The van der Waals surface area contributed by atoms with E-state index in [1.807, 2.05) is 39.0 Å². The van der Waals surface area contributed by atoms with Gasteiger partial charge in [0, 0.05) is 19.1 Å². The van der Waals surface area contributed by atoms with Crippen molar-refractivity contribution in [3.05, 3.63) is 26.2 Å². The Morgan fingerprint density at radius 2 is 2.03 bits per heavy atom. The van der Waals surface area contributed by atoms with E-state index < -0.39 is 0 Å². The largest absolute Gasteiger partial charge is 0.490 e. The maximum Gasteiger partial charge on any atom is 0.266 e. The Kier molecular flexibility index (Phi) is 8.59. The van der Waals surface area contributed by atoms with E-state index in [0.29, 0.717) is 53.6 Å². The summed E-state index contributed by atoms with van der Waals surface area (Å²) in [5, 5.41) is 0. The summed E-state index contributed by atoms with van der Waals surface area (Å²) in [4.78, 5) is 29.1. The molecule has 31 heavy (non-hydrogen) atoms. The molecule has 0 aromatic heterocycles. The maximum atomic E-state index is 12.7. The molecule has 2 fully saturated rings. The van der Waals surface area contributed by atoms with Crippen LogP contribution in [-0.2, 0) is 14.3 Å². The molecule has 2 amide bonds. The Labute approximate surface area is 205 Å². The SMILES string of the molecule is CCOc1cc(/C=C2\SC(=S)N(C(C)C)C2=O)cc(I)c1OCC(=O)N1CCOCC1. The van der Waals surface area contributed by atoms with Crippen LogP contribution in [0, 0.1) is 3.57 Å². The van der Waals surface area contributed by atoms with Crippen molar-refractivity contribution >= 4 is 68.8 Å². The number of rotatable bonds is 7. The average Bonchev–Trinajstić information content (AvgIpc) is 3.01. The lowest BCUT2D eigenvalue weighted by atomic mass is 10.1. The predicted octanol–water partition coefficient (Wildman–Crippen LogP) is 3.54. The fourth-order valence-corrected chi connectivity index (χ4v) is 5.49. The van der Waals surface area contributed by atoms with Gasteiger partial charge in [0.15, 0.2) is 18.1 Å². The molecule has 10 heteroatoms. The van der Waals surface area contributed by atoms with Crippen molar-refractivity contribution in [3.63, 3.8) is 0 Å². The first-order chi connectivity index (χ1) is 14.8. The highest BCUT2D eigenvalue weighted by Crippen LogP contribution is 2.38. The third-order valence-corrected chi connectivity index (χ3v) is 6.80. The van der Waals surface area contributed by atoms with Crippen LogP contribution in [0.1, 0.15) is 26.3 Å². The van der Waals surface area contributed by atoms with Gasteiger partial charge in [-0.15, -0.1) is 0 Å². The molecule has 0 spiro atoms. The monoisotopic (exact) mass is 576 g/mol. The van der Waals surface area contributed by atoms with Gasteiger partial charge in [-0.25, -0.2) is 0 Å². The van der Waals surface area contributed by atoms with E-state index in [2.05, 4.69) is 22.6 Å². The number of carbonyl (C=O) groups excluding carboxylic acids is 2. The normalized spacial score (nSPS) is 18.3. The second-order valence-corrected chi connectivity index (χ2v) is 10.0. The average molecular weight is 576 g/mol. The van der Waals surface area contributed by atoms with Gasteiger partial charge in [-0.1, -0.05) is 24.0 Å². The molecule has 7 nitrogen and oxygen atoms in total. The third kappa shape index (κ3) is 5.91. The maximum absolute atomic E-state index is 12.7. The summed E-state index contributed by atoms with van der Waals surface area (Å²) in [6.07, 6.45) is 1.81. The highest BCUT2D eigenvalue weighted by molar-refractivity contribution is 14.1. The lowest BCUT2D eigenvalue weighted by Crippen LogP contribution is -2.43. The fourth-order valence-electron chi connectivity index (χ4n) is 3.19. The molecule has 0 bridgehead atoms. The van der Waals surface area contributed by atoms with Crippen LogP contribution in [0.4, 0.5) is 0 Å². The van der Waals surface area contributed by atoms with Crippen LogP contribution in [0.2, 0.25) is 0 Å². The first kappa shape index (κ1) is 24.3. The molecule has 2 aliphatic rings. The number of carbonyl (C=O) groups is 2. The third-order valence-electron chi connectivity index (χ3n) is 4.67. The Bertz CT molecular complexity index is 900. The summed E-state index contributed by atoms with van der Waals surface area (Å²) in [5.41, 5.74) is 0.809. The molecular weight excluding hydrogens is 551 g/mol.